The van der Waals surface area contributed by atoms with E-state index in [1.807, 2.05) is 0 Å². The fourth-order valence-corrected chi connectivity index (χ4v) is 1.93. The highest BCUT2D eigenvalue weighted by atomic mass is 19.1. The molecule has 0 aliphatic carbocycles. The predicted octanol–water partition coefficient (Wildman–Crippen LogP) is 2.54. The van der Waals surface area contributed by atoms with Crippen LogP contribution in [-0.2, 0) is 11.2 Å². The van der Waals surface area contributed by atoms with Crippen LogP contribution in [0.4, 0.5) is 4.39 Å². The maximum absolute atomic E-state index is 12.8. The molecule has 0 aliphatic heterocycles. The second-order valence-corrected chi connectivity index (χ2v) is 4.70. The maximum atomic E-state index is 12.8. The first kappa shape index (κ1) is 16.5. The van der Waals surface area contributed by atoms with Crippen LogP contribution in [0.1, 0.15) is 11.1 Å². The largest absolute Gasteiger partial charge is 0.497 e. The first-order valence-electron chi connectivity index (χ1n) is 6.90. The molecule has 6 heteroatoms. The molecule has 5 nitrogen and oxygen atoms in total. The fraction of sp³-hybridized carbons (Fsp3) is 0.176. The molecule has 0 unspecified atom stereocenters. The third-order valence-corrected chi connectivity index (χ3v) is 3.11. The van der Waals surface area contributed by atoms with Gasteiger partial charge in [-0.15, -0.1) is 0 Å². The number of ether oxygens (including phenoxy) is 2. The van der Waals surface area contributed by atoms with Crippen molar-refractivity contribution in [2.45, 2.75) is 6.42 Å². The average Bonchev–Trinajstić information content (AvgIpc) is 2.57. The summed E-state index contributed by atoms with van der Waals surface area (Å²) in [4.78, 5) is 11.8. The summed E-state index contributed by atoms with van der Waals surface area (Å²) in [7, 11) is 3.11. The van der Waals surface area contributed by atoms with E-state index in [1.54, 1.807) is 44.6 Å². The van der Waals surface area contributed by atoms with E-state index >= 15 is 0 Å². The number of benzene rings is 2. The molecule has 0 bridgehead atoms. The van der Waals surface area contributed by atoms with Gasteiger partial charge in [0.2, 0.25) is 5.91 Å². The number of methoxy groups -OCH3 is 2. The molecule has 23 heavy (non-hydrogen) atoms. The summed E-state index contributed by atoms with van der Waals surface area (Å²) in [6.07, 6.45) is 1.61. The third-order valence-electron chi connectivity index (χ3n) is 3.11. The minimum absolute atomic E-state index is 0.122. The first-order chi connectivity index (χ1) is 11.1. The Morgan fingerprint density at radius 1 is 1.17 bits per heavy atom. The second-order valence-electron chi connectivity index (χ2n) is 4.70. The summed E-state index contributed by atoms with van der Waals surface area (Å²) < 4.78 is 23.1. The molecule has 2 aromatic carbocycles. The summed E-state index contributed by atoms with van der Waals surface area (Å²) in [6, 6.07) is 11.0. The summed E-state index contributed by atoms with van der Waals surface area (Å²) >= 11 is 0. The summed E-state index contributed by atoms with van der Waals surface area (Å²) in [5.41, 5.74) is 3.84. The van der Waals surface area contributed by atoms with Crippen LogP contribution in [-0.4, -0.2) is 26.3 Å². The number of carbonyl (C=O) groups excluding carboxylic acids is 1. The molecule has 120 valence electrons. The van der Waals surface area contributed by atoms with E-state index in [9.17, 15) is 9.18 Å². The smallest absolute Gasteiger partial charge is 0.244 e. The minimum Gasteiger partial charge on any atom is -0.497 e. The number of nitrogens with one attached hydrogen (secondary N) is 1. The van der Waals surface area contributed by atoms with E-state index in [-0.39, 0.29) is 18.1 Å². The van der Waals surface area contributed by atoms with Crippen molar-refractivity contribution in [3.63, 3.8) is 0 Å². The Hall–Kier alpha value is -2.89. The lowest BCUT2D eigenvalue weighted by atomic mass is 10.1. The lowest BCUT2D eigenvalue weighted by molar-refractivity contribution is -0.120. The molecule has 0 saturated carbocycles. The summed E-state index contributed by atoms with van der Waals surface area (Å²) in [5.74, 6) is 0.624. The summed E-state index contributed by atoms with van der Waals surface area (Å²) in [5, 5.41) is 3.90. The van der Waals surface area contributed by atoms with E-state index < -0.39 is 0 Å². The number of amides is 1. The monoisotopic (exact) mass is 316 g/mol. The molecular formula is C17H17FN2O3. The molecule has 0 aromatic heterocycles. The van der Waals surface area contributed by atoms with Crippen molar-refractivity contribution in [2.24, 2.45) is 5.10 Å². The van der Waals surface area contributed by atoms with Gasteiger partial charge in [0, 0.05) is 11.6 Å². The zero-order chi connectivity index (χ0) is 16.7. The number of rotatable bonds is 6. The SMILES string of the molecule is COc1ccc(/C=N/NC(=O)Cc2ccc(F)cc2)c(OC)c1. The Kier molecular flexibility index (Phi) is 5.68. The quantitative estimate of drug-likeness (QED) is 0.658. The Labute approximate surface area is 133 Å². The van der Waals surface area contributed by atoms with E-state index in [0.717, 1.165) is 0 Å². The van der Waals surface area contributed by atoms with Crippen LogP contribution < -0.4 is 14.9 Å². The van der Waals surface area contributed by atoms with E-state index in [1.165, 1.54) is 18.3 Å². The van der Waals surface area contributed by atoms with Gasteiger partial charge in [0.15, 0.2) is 0 Å². The van der Waals surface area contributed by atoms with Crippen molar-refractivity contribution in [3.8, 4) is 11.5 Å². The lowest BCUT2D eigenvalue weighted by Gasteiger charge is -2.07. The van der Waals surface area contributed by atoms with Crippen molar-refractivity contribution in [1.29, 1.82) is 0 Å². The Morgan fingerprint density at radius 2 is 1.91 bits per heavy atom. The Morgan fingerprint density at radius 3 is 2.57 bits per heavy atom. The van der Waals surface area contributed by atoms with Gasteiger partial charge in [-0.1, -0.05) is 12.1 Å². The number of hydrogen-bond donors (Lipinski definition) is 1. The molecule has 1 amide bonds. The molecule has 0 fully saturated rings. The Bertz CT molecular complexity index is 699. The second kappa shape index (κ2) is 7.93. The van der Waals surface area contributed by atoms with Gasteiger partial charge in [-0.25, -0.2) is 9.82 Å². The van der Waals surface area contributed by atoms with Crippen molar-refractivity contribution >= 4 is 12.1 Å². The van der Waals surface area contributed by atoms with Gasteiger partial charge in [0.1, 0.15) is 17.3 Å². The van der Waals surface area contributed by atoms with Crippen LogP contribution in [0.3, 0.4) is 0 Å². The highest BCUT2D eigenvalue weighted by Crippen LogP contribution is 2.22. The molecule has 0 spiro atoms. The van der Waals surface area contributed by atoms with Crippen LogP contribution >= 0.6 is 0 Å². The predicted molar refractivity (Wildman–Crippen MR) is 85.4 cm³/mol. The number of nitrogens with zero attached hydrogens (tertiary/aromatic N) is 1. The van der Waals surface area contributed by atoms with Crippen LogP contribution in [0.25, 0.3) is 0 Å². The van der Waals surface area contributed by atoms with Gasteiger partial charge in [-0.2, -0.15) is 5.10 Å². The maximum Gasteiger partial charge on any atom is 0.244 e. The third kappa shape index (κ3) is 4.81. The van der Waals surface area contributed by atoms with E-state index in [2.05, 4.69) is 10.5 Å². The van der Waals surface area contributed by atoms with Crippen molar-refractivity contribution in [2.75, 3.05) is 14.2 Å². The van der Waals surface area contributed by atoms with Crippen LogP contribution in [0.2, 0.25) is 0 Å². The number of hydrazone groups is 1. The normalized spacial score (nSPS) is 10.6. The zero-order valence-electron chi connectivity index (χ0n) is 12.9. The van der Waals surface area contributed by atoms with Gasteiger partial charge in [-0.05, 0) is 29.8 Å². The number of hydrogen-bond acceptors (Lipinski definition) is 4. The molecular weight excluding hydrogens is 299 g/mol. The fourth-order valence-electron chi connectivity index (χ4n) is 1.93. The van der Waals surface area contributed by atoms with E-state index in [4.69, 9.17) is 9.47 Å². The van der Waals surface area contributed by atoms with Crippen LogP contribution in [0, 0.1) is 5.82 Å². The molecule has 0 aliphatic rings. The van der Waals surface area contributed by atoms with Gasteiger partial charge in [-0.3, -0.25) is 4.79 Å². The molecule has 0 heterocycles. The van der Waals surface area contributed by atoms with E-state index in [0.29, 0.717) is 22.6 Å². The lowest BCUT2D eigenvalue weighted by Crippen LogP contribution is -2.19. The standard InChI is InChI=1S/C17H17FN2O3/c1-22-15-8-5-13(16(10-15)23-2)11-19-20-17(21)9-12-3-6-14(18)7-4-12/h3-8,10-11H,9H2,1-2H3,(H,20,21)/b19-11+. The molecule has 2 aromatic rings. The van der Waals surface area contributed by atoms with Gasteiger partial charge < -0.3 is 9.47 Å². The summed E-state index contributed by atoms with van der Waals surface area (Å²) in [6.45, 7) is 0. The zero-order valence-corrected chi connectivity index (χ0v) is 12.9. The van der Waals surface area contributed by atoms with Crippen LogP contribution in [0.5, 0.6) is 11.5 Å². The van der Waals surface area contributed by atoms with Gasteiger partial charge in [0.25, 0.3) is 0 Å². The number of carbonyl (C=O) groups is 1. The molecule has 1 N–H and O–H groups in total. The minimum atomic E-state index is -0.334. The molecule has 2 rings (SSSR count). The topological polar surface area (TPSA) is 59.9 Å². The number of halogens is 1. The highest BCUT2D eigenvalue weighted by molar-refractivity contribution is 5.86. The highest BCUT2D eigenvalue weighted by Gasteiger charge is 2.04. The molecule has 0 radical (unpaired) electrons. The average molecular weight is 316 g/mol. The molecule has 0 atom stereocenters. The van der Waals surface area contributed by atoms with Gasteiger partial charge >= 0.3 is 0 Å². The van der Waals surface area contributed by atoms with Gasteiger partial charge in [0.05, 0.1) is 26.9 Å². The first-order valence-corrected chi connectivity index (χ1v) is 6.90. The van der Waals surface area contributed by atoms with Crippen LogP contribution in [0.15, 0.2) is 47.6 Å². The van der Waals surface area contributed by atoms with Crippen molar-refractivity contribution in [1.82, 2.24) is 5.43 Å². The Balaban J connectivity index is 1.95. The van der Waals surface area contributed by atoms with Crippen molar-refractivity contribution in [3.05, 3.63) is 59.4 Å². The molecule has 0 saturated heterocycles. The van der Waals surface area contributed by atoms with Crippen molar-refractivity contribution < 1.29 is 18.7 Å².